The first-order chi connectivity index (χ1) is 16.4. The Hall–Kier alpha value is -3.84. The number of halogens is 1. The number of amides is 2. The van der Waals surface area contributed by atoms with E-state index in [0.717, 1.165) is 5.56 Å². The van der Waals surface area contributed by atoms with Gasteiger partial charge in [0.25, 0.3) is 5.91 Å². The number of nitrogens with zero attached hydrogens (tertiary/aromatic N) is 1. The number of benzene rings is 3. The molecule has 3 aromatic carbocycles. The van der Waals surface area contributed by atoms with Crippen LogP contribution in [0.5, 0.6) is 11.5 Å². The van der Waals surface area contributed by atoms with E-state index < -0.39 is 6.04 Å². The van der Waals surface area contributed by atoms with Crippen LogP contribution in [0.15, 0.2) is 72.8 Å². The van der Waals surface area contributed by atoms with Gasteiger partial charge >= 0.3 is 0 Å². The average Bonchev–Trinajstić information content (AvgIpc) is 2.86. The molecule has 3 aromatic rings. The van der Waals surface area contributed by atoms with Crippen molar-refractivity contribution in [3.63, 3.8) is 0 Å². The Bertz CT molecular complexity index is 1200. The molecule has 0 bridgehead atoms. The lowest BCUT2D eigenvalue weighted by molar-refractivity contribution is -0.127. The lowest BCUT2D eigenvalue weighted by Crippen LogP contribution is -2.51. The van der Waals surface area contributed by atoms with Crippen molar-refractivity contribution in [3.05, 3.63) is 88.9 Å². The van der Waals surface area contributed by atoms with Gasteiger partial charge in [0.05, 0.1) is 5.69 Å². The quantitative estimate of drug-likeness (QED) is 0.494. The van der Waals surface area contributed by atoms with Gasteiger partial charge in [-0.1, -0.05) is 41.9 Å². The summed E-state index contributed by atoms with van der Waals surface area (Å²) in [6, 6.07) is 20.2. The molecule has 0 spiro atoms. The number of hydrogen-bond acceptors (Lipinski definition) is 5. The smallest absolute Gasteiger partial charge is 0.265 e. The molecule has 0 fully saturated rings. The molecule has 7 nitrogen and oxygen atoms in total. The molecule has 1 aliphatic rings. The maximum atomic E-state index is 12.8. The van der Waals surface area contributed by atoms with Crippen LogP contribution in [0.2, 0.25) is 5.02 Å². The third-order valence-electron chi connectivity index (χ3n) is 5.42. The Morgan fingerprint density at radius 1 is 1.09 bits per heavy atom. The van der Waals surface area contributed by atoms with Gasteiger partial charge in [0.1, 0.15) is 17.5 Å². The number of carbonyl (C=O) groups excluding carboxylic acids is 3. The molecule has 0 radical (unpaired) electrons. The second-order valence-electron chi connectivity index (χ2n) is 7.78. The average molecular weight is 479 g/mol. The van der Waals surface area contributed by atoms with Crippen LogP contribution in [-0.2, 0) is 16.1 Å². The fourth-order valence-corrected chi connectivity index (χ4v) is 3.71. The van der Waals surface area contributed by atoms with Gasteiger partial charge < -0.3 is 14.8 Å². The lowest BCUT2D eigenvalue weighted by Gasteiger charge is -2.33. The maximum Gasteiger partial charge on any atom is 0.265 e. The molecule has 1 heterocycles. The van der Waals surface area contributed by atoms with Crippen molar-refractivity contribution in [2.75, 3.05) is 18.1 Å². The van der Waals surface area contributed by atoms with E-state index in [4.69, 9.17) is 21.1 Å². The van der Waals surface area contributed by atoms with E-state index >= 15 is 0 Å². The summed E-state index contributed by atoms with van der Waals surface area (Å²) in [5, 5.41) is 3.43. The molecule has 0 saturated heterocycles. The molecule has 0 aromatic heterocycles. The van der Waals surface area contributed by atoms with Gasteiger partial charge in [-0.3, -0.25) is 19.3 Å². The Morgan fingerprint density at radius 3 is 2.56 bits per heavy atom. The van der Waals surface area contributed by atoms with E-state index in [1.54, 1.807) is 49.4 Å². The first-order valence-corrected chi connectivity index (χ1v) is 11.1. The predicted molar refractivity (Wildman–Crippen MR) is 128 cm³/mol. The van der Waals surface area contributed by atoms with E-state index in [1.807, 2.05) is 30.3 Å². The third kappa shape index (κ3) is 5.38. The van der Waals surface area contributed by atoms with Crippen molar-refractivity contribution >= 4 is 34.9 Å². The summed E-state index contributed by atoms with van der Waals surface area (Å²) in [4.78, 5) is 39.6. The van der Waals surface area contributed by atoms with Crippen molar-refractivity contribution < 1.29 is 23.9 Å². The minimum absolute atomic E-state index is 0.184. The topological polar surface area (TPSA) is 84.9 Å². The monoisotopic (exact) mass is 478 g/mol. The molecule has 8 heteroatoms. The SMILES string of the molecule is CC(C(=O)NCc1ccccc1)N1C(=O)COc2ccc(C(=O)COc3ccc(Cl)cc3)cc21. The standard InChI is InChI=1S/C26H23ClN2O5/c1-17(26(32)28-14-18-5-3-2-4-6-18)29-22-13-19(7-12-24(22)34-16-25(29)31)23(30)15-33-21-10-8-20(27)9-11-21/h2-13,17H,14-16H2,1H3,(H,28,32). The number of ketones is 1. The van der Waals surface area contributed by atoms with Crippen LogP contribution in [0.3, 0.4) is 0 Å². The molecule has 174 valence electrons. The summed E-state index contributed by atoms with van der Waals surface area (Å²) in [6.45, 7) is 1.61. The fraction of sp³-hybridized carbons (Fsp3) is 0.192. The van der Waals surface area contributed by atoms with Crippen LogP contribution in [0.4, 0.5) is 5.69 Å². The molecule has 1 unspecified atom stereocenters. The normalized spacial score (nSPS) is 13.5. The number of carbonyl (C=O) groups is 3. The van der Waals surface area contributed by atoms with Crippen LogP contribution < -0.4 is 19.7 Å². The number of anilines is 1. The minimum atomic E-state index is -0.797. The maximum absolute atomic E-state index is 12.8. The zero-order chi connectivity index (χ0) is 24.1. The highest BCUT2D eigenvalue weighted by molar-refractivity contribution is 6.30. The van der Waals surface area contributed by atoms with Gasteiger partial charge in [-0.25, -0.2) is 0 Å². The minimum Gasteiger partial charge on any atom is -0.485 e. The van der Waals surface area contributed by atoms with Crippen LogP contribution in [0.1, 0.15) is 22.8 Å². The first-order valence-electron chi connectivity index (χ1n) is 10.7. The van der Waals surface area contributed by atoms with Crippen molar-refractivity contribution in [2.45, 2.75) is 19.5 Å². The molecule has 1 aliphatic heterocycles. The molecular weight excluding hydrogens is 456 g/mol. The van der Waals surface area contributed by atoms with E-state index in [0.29, 0.717) is 34.3 Å². The number of nitrogens with one attached hydrogen (secondary N) is 1. The summed E-state index contributed by atoms with van der Waals surface area (Å²) in [7, 11) is 0. The molecule has 4 rings (SSSR count). The number of hydrogen-bond donors (Lipinski definition) is 1. The summed E-state index contributed by atoms with van der Waals surface area (Å²) in [5.74, 6) is -0.0151. The molecule has 1 N–H and O–H groups in total. The second-order valence-corrected chi connectivity index (χ2v) is 8.22. The van der Waals surface area contributed by atoms with Crippen molar-refractivity contribution in [3.8, 4) is 11.5 Å². The predicted octanol–water partition coefficient (Wildman–Crippen LogP) is 4.03. The van der Waals surface area contributed by atoms with Crippen molar-refractivity contribution in [1.29, 1.82) is 0 Å². The second kappa shape index (κ2) is 10.4. The Morgan fingerprint density at radius 2 is 1.82 bits per heavy atom. The fourth-order valence-electron chi connectivity index (χ4n) is 3.58. The first kappa shape index (κ1) is 23.3. The third-order valence-corrected chi connectivity index (χ3v) is 5.67. The largest absolute Gasteiger partial charge is 0.485 e. The number of fused-ring (bicyclic) bond motifs is 1. The number of ether oxygens (including phenoxy) is 2. The summed E-state index contributed by atoms with van der Waals surface area (Å²) < 4.78 is 11.1. The van der Waals surface area contributed by atoms with Gasteiger partial charge in [-0.2, -0.15) is 0 Å². The molecule has 1 atom stereocenters. The van der Waals surface area contributed by atoms with Crippen LogP contribution in [0.25, 0.3) is 0 Å². The Kier molecular flexibility index (Phi) is 7.13. The summed E-state index contributed by atoms with van der Waals surface area (Å²) in [6.07, 6.45) is 0. The van der Waals surface area contributed by atoms with Gasteiger partial charge in [0.15, 0.2) is 19.0 Å². The summed E-state index contributed by atoms with van der Waals surface area (Å²) in [5.41, 5.74) is 1.66. The Labute approximate surface area is 202 Å². The van der Waals surface area contributed by atoms with Gasteiger partial charge in [0.2, 0.25) is 5.91 Å². The number of rotatable bonds is 8. The zero-order valence-electron chi connectivity index (χ0n) is 18.5. The molecule has 34 heavy (non-hydrogen) atoms. The van der Waals surface area contributed by atoms with E-state index in [1.165, 1.54) is 4.90 Å². The molecule has 0 aliphatic carbocycles. The van der Waals surface area contributed by atoms with Gasteiger partial charge in [-0.05, 0) is 55.0 Å². The molecule has 0 saturated carbocycles. The van der Waals surface area contributed by atoms with E-state index in [-0.39, 0.29) is 30.8 Å². The number of Topliss-reactive ketones (excluding diaryl/α,β-unsaturated/α-hetero) is 1. The van der Waals surface area contributed by atoms with E-state index in [9.17, 15) is 14.4 Å². The van der Waals surface area contributed by atoms with Crippen molar-refractivity contribution in [2.24, 2.45) is 0 Å². The summed E-state index contributed by atoms with van der Waals surface area (Å²) >= 11 is 5.87. The van der Waals surface area contributed by atoms with Crippen LogP contribution in [-0.4, -0.2) is 36.9 Å². The lowest BCUT2D eigenvalue weighted by atomic mass is 10.1. The van der Waals surface area contributed by atoms with Crippen molar-refractivity contribution in [1.82, 2.24) is 5.32 Å². The van der Waals surface area contributed by atoms with Gasteiger partial charge in [-0.15, -0.1) is 0 Å². The zero-order valence-corrected chi connectivity index (χ0v) is 19.2. The molecular formula is C26H23ClN2O5. The molecule has 2 amide bonds. The highest BCUT2D eigenvalue weighted by Gasteiger charge is 2.33. The van der Waals surface area contributed by atoms with Gasteiger partial charge in [0, 0.05) is 17.1 Å². The van der Waals surface area contributed by atoms with Crippen LogP contribution >= 0.6 is 11.6 Å². The highest BCUT2D eigenvalue weighted by Crippen LogP contribution is 2.34. The highest BCUT2D eigenvalue weighted by atomic mass is 35.5. The van der Waals surface area contributed by atoms with E-state index in [2.05, 4.69) is 5.32 Å². The Balaban J connectivity index is 1.48. The van der Waals surface area contributed by atoms with Crippen LogP contribution in [0, 0.1) is 0 Å².